The van der Waals surface area contributed by atoms with Gasteiger partial charge in [-0.05, 0) is 61.4 Å². The molecule has 1 rings (SSSR count). The number of methoxy groups -OCH3 is 2. The van der Waals surface area contributed by atoms with Crippen LogP contribution < -0.4 is 4.74 Å². The predicted molar refractivity (Wildman–Crippen MR) is 77.8 cm³/mol. The van der Waals surface area contributed by atoms with E-state index in [1.165, 1.54) is 11.1 Å². The molecule has 0 radical (unpaired) electrons. The Morgan fingerprint density at radius 3 is 2.26 bits per heavy atom. The standard InChI is InChI=1S/C16H26O3/c1-10(7-8-17)16(19-6)14-9-11(2)15(18-5)13(4)12(14)3/h9-10,16-17H,7-8H2,1-6H3. The fourth-order valence-electron chi connectivity index (χ4n) is 2.72. The van der Waals surface area contributed by atoms with Gasteiger partial charge in [-0.1, -0.05) is 6.92 Å². The van der Waals surface area contributed by atoms with E-state index in [4.69, 9.17) is 14.6 Å². The lowest BCUT2D eigenvalue weighted by Crippen LogP contribution is -2.15. The number of ether oxygens (including phenoxy) is 2. The summed E-state index contributed by atoms with van der Waals surface area (Å²) in [6, 6.07) is 2.14. The minimum absolute atomic E-state index is 0.00968. The summed E-state index contributed by atoms with van der Waals surface area (Å²) < 4.78 is 11.1. The SMILES string of the molecule is COc1c(C)cc(C(OC)C(C)CCO)c(C)c1C. The molecular formula is C16H26O3. The Hall–Kier alpha value is -1.06. The Kier molecular flexibility index (Phi) is 5.83. The first kappa shape index (κ1) is 16.0. The molecule has 3 nitrogen and oxygen atoms in total. The van der Waals surface area contributed by atoms with Gasteiger partial charge in [-0.25, -0.2) is 0 Å². The lowest BCUT2D eigenvalue weighted by Gasteiger charge is -2.26. The van der Waals surface area contributed by atoms with Crippen molar-refractivity contribution in [3.05, 3.63) is 28.3 Å². The van der Waals surface area contributed by atoms with Crippen molar-refractivity contribution < 1.29 is 14.6 Å². The maximum absolute atomic E-state index is 9.11. The summed E-state index contributed by atoms with van der Waals surface area (Å²) in [5.74, 6) is 1.23. The van der Waals surface area contributed by atoms with E-state index in [1.54, 1.807) is 14.2 Å². The van der Waals surface area contributed by atoms with Gasteiger partial charge >= 0.3 is 0 Å². The van der Waals surface area contributed by atoms with E-state index in [-0.39, 0.29) is 18.6 Å². The molecule has 0 aliphatic carbocycles. The molecule has 0 saturated heterocycles. The number of rotatable bonds is 6. The molecule has 0 spiro atoms. The molecule has 0 aliphatic rings. The largest absolute Gasteiger partial charge is 0.496 e. The van der Waals surface area contributed by atoms with E-state index in [2.05, 4.69) is 33.8 Å². The van der Waals surface area contributed by atoms with Crippen LogP contribution in [0.15, 0.2) is 6.07 Å². The van der Waals surface area contributed by atoms with Crippen molar-refractivity contribution in [1.29, 1.82) is 0 Å². The van der Waals surface area contributed by atoms with E-state index in [0.717, 1.165) is 23.3 Å². The number of hydrogen-bond donors (Lipinski definition) is 1. The first-order valence-electron chi connectivity index (χ1n) is 6.76. The molecule has 2 atom stereocenters. The van der Waals surface area contributed by atoms with E-state index in [0.29, 0.717) is 0 Å². The number of benzene rings is 1. The summed E-state index contributed by atoms with van der Waals surface area (Å²) in [5.41, 5.74) is 4.69. The molecule has 0 heterocycles. The highest BCUT2D eigenvalue weighted by molar-refractivity contribution is 5.49. The topological polar surface area (TPSA) is 38.7 Å². The van der Waals surface area contributed by atoms with Crippen LogP contribution in [0, 0.1) is 26.7 Å². The molecule has 0 amide bonds. The molecule has 0 saturated carbocycles. The van der Waals surface area contributed by atoms with Gasteiger partial charge in [0.05, 0.1) is 13.2 Å². The van der Waals surface area contributed by atoms with Crippen LogP contribution in [0.3, 0.4) is 0 Å². The molecule has 1 aromatic rings. The second-order valence-corrected chi connectivity index (χ2v) is 5.21. The lowest BCUT2D eigenvalue weighted by atomic mass is 9.88. The van der Waals surface area contributed by atoms with Crippen molar-refractivity contribution in [3.8, 4) is 5.75 Å². The van der Waals surface area contributed by atoms with Crippen molar-refractivity contribution >= 4 is 0 Å². The number of hydrogen-bond acceptors (Lipinski definition) is 3. The van der Waals surface area contributed by atoms with Crippen molar-refractivity contribution in [2.24, 2.45) is 5.92 Å². The van der Waals surface area contributed by atoms with Gasteiger partial charge in [0.15, 0.2) is 0 Å². The van der Waals surface area contributed by atoms with Crippen molar-refractivity contribution in [2.75, 3.05) is 20.8 Å². The lowest BCUT2D eigenvalue weighted by molar-refractivity contribution is 0.0469. The van der Waals surface area contributed by atoms with Crippen molar-refractivity contribution in [2.45, 2.75) is 40.2 Å². The van der Waals surface area contributed by atoms with Gasteiger partial charge in [-0.3, -0.25) is 0 Å². The second-order valence-electron chi connectivity index (χ2n) is 5.21. The normalized spacial score (nSPS) is 14.3. The minimum Gasteiger partial charge on any atom is -0.496 e. The summed E-state index contributed by atoms with van der Waals surface area (Å²) in [6.45, 7) is 8.53. The molecule has 3 heteroatoms. The van der Waals surface area contributed by atoms with Crippen molar-refractivity contribution in [1.82, 2.24) is 0 Å². The predicted octanol–water partition coefficient (Wildman–Crippen LogP) is 3.33. The monoisotopic (exact) mass is 266 g/mol. The highest BCUT2D eigenvalue weighted by atomic mass is 16.5. The second kappa shape index (κ2) is 6.92. The Morgan fingerprint density at radius 1 is 1.16 bits per heavy atom. The van der Waals surface area contributed by atoms with Crippen LogP contribution in [0.5, 0.6) is 5.75 Å². The van der Waals surface area contributed by atoms with Crippen molar-refractivity contribution in [3.63, 3.8) is 0 Å². The van der Waals surface area contributed by atoms with Crippen LogP contribution in [0.2, 0.25) is 0 Å². The third kappa shape index (κ3) is 3.28. The smallest absolute Gasteiger partial charge is 0.124 e. The van der Waals surface area contributed by atoms with Crippen LogP contribution in [0.25, 0.3) is 0 Å². The molecule has 1 aromatic carbocycles. The zero-order valence-corrected chi connectivity index (χ0v) is 12.9. The molecule has 0 fully saturated rings. The Morgan fingerprint density at radius 2 is 1.79 bits per heavy atom. The number of aliphatic hydroxyl groups excluding tert-OH is 1. The third-order valence-electron chi connectivity index (χ3n) is 3.93. The number of aryl methyl sites for hydroxylation is 1. The maximum atomic E-state index is 9.11. The third-order valence-corrected chi connectivity index (χ3v) is 3.93. The molecule has 2 unspecified atom stereocenters. The van der Waals surface area contributed by atoms with Crippen LogP contribution in [0.4, 0.5) is 0 Å². The van der Waals surface area contributed by atoms with Crippen LogP contribution in [-0.4, -0.2) is 25.9 Å². The minimum atomic E-state index is 0.00968. The summed E-state index contributed by atoms with van der Waals surface area (Å²) in [5, 5.41) is 9.11. The highest BCUT2D eigenvalue weighted by Gasteiger charge is 2.23. The molecular weight excluding hydrogens is 240 g/mol. The first-order valence-corrected chi connectivity index (χ1v) is 6.76. The van der Waals surface area contributed by atoms with Gasteiger partial charge in [-0.15, -0.1) is 0 Å². The van der Waals surface area contributed by atoms with E-state index in [9.17, 15) is 0 Å². The van der Waals surface area contributed by atoms with Crippen LogP contribution >= 0.6 is 0 Å². The fourth-order valence-corrected chi connectivity index (χ4v) is 2.72. The van der Waals surface area contributed by atoms with Gasteiger partial charge in [0.25, 0.3) is 0 Å². The molecule has 19 heavy (non-hydrogen) atoms. The van der Waals surface area contributed by atoms with Gasteiger partial charge in [0.2, 0.25) is 0 Å². The van der Waals surface area contributed by atoms with Gasteiger partial charge in [-0.2, -0.15) is 0 Å². The van der Waals surface area contributed by atoms with E-state index >= 15 is 0 Å². The quantitative estimate of drug-likeness (QED) is 0.858. The average molecular weight is 266 g/mol. The number of aliphatic hydroxyl groups is 1. The molecule has 0 aromatic heterocycles. The Labute approximate surface area is 116 Å². The van der Waals surface area contributed by atoms with Gasteiger partial charge in [0.1, 0.15) is 5.75 Å². The molecule has 0 aliphatic heterocycles. The van der Waals surface area contributed by atoms with E-state index in [1.807, 2.05) is 0 Å². The Bertz CT molecular complexity index is 426. The average Bonchev–Trinajstić information content (AvgIpc) is 2.37. The zero-order chi connectivity index (χ0) is 14.6. The van der Waals surface area contributed by atoms with Crippen LogP contribution in [-0.2, 0) is 4.74 Å². The maximum Gasteiger partial charge on any atom is 0.124 e. The summed E-state index contributed by atoms with van der Waals surface area (Å²) in [4.78, 5) is 0. The highest BCUT2D eigenvalue weighted by Crippen LogP contribution is 2.36. The fraction of sp³-hybridized carbons (Fsp3) is 0.625. The van der Waals surface area contributed by atoms with E-state index < -0.39 is 0 Å². The molecule has 1 N–H and O–H groups in total. The summed E-state index contributed by atoms with van der Waals surface area (Å²) >= 11 is 0. The zero-order valence-electron chi connectivity index (χ0n) is 12.9. The molecule has 108 valence electrons. The first-order chi connectivity index (χ1) is 8.97. The molecule has 0 bridgehead atoms. The summed E-state index contributed by atoms with van der Waals surface area (Å²) in [7, 11) is 3.43. The van der Waals surface area contributed by atoms with Crippen LogP contribution in [0.1, 0.15) is 41.7 Å². The van der Waals surface area contributed by atoms with Gasteiger partial charge < -0.3 is 14.6 Å². The summed E-state index contributed by atoms with van der Waals surface area (Å²) in [6.07, 6.45) is 0.748. The van der Waals surface area contributed by atoms with Gasteiger partial charge in [0, 0.05) is 13.7 Å². The Balaban J connectivity index is 3.25.